The molecule has 1 saturated carbocycles. The number of hydrogen-bond donors (Lipinski definition) is 1. The third kappa shape index (κ3) is 3.21. The molecule has 23 heavy (non-hydrogen) atoms. The van der Waals surface area contributed by atoms with Crippen LogP contribution in [0, 0.1) is 5.41 Å². The second-order valence-electron chi connectivity index (χ2n) is 6.34. The molecule has 5 nitrogen and oxygen atoms in total. The van der Waals surface area contributed by atoms with Crippen molar-refractivity contribution in [3.05, 3.63) is 34.9 Å². The third-order valence-electron chi connectivity index (χ3n) is 4.93. The second kappa shape index (κ2) is 6.49. The van der Waals surface area contributed by atoms with Crippen LogP contribution in [0.1, 0.15) is 37.4 Å². The van der Waals surface area contributed by atoms with Crippen molar-refractivity contribution < 1.29 is 19.4 Å². The number of nitrogens with zero attached hydrogens (tertiary/aromatic N) is 1. The van der Waals surface area contributed by atoms with Crippen LogP contribution in [0.4, 0.5) is 0 Å². The highest BCUT2D eigenvalue weighted by Gasteiger charge is 2.47. The Balaban J connectivity index is 1.68. The minimum atomic E-state index is -0.854. The number of carbonyl (C=O) groups is 2. The molecule has 6 heteroatoms. The Morgan fingerprint density at radius 1 is 1.35 bits per heavy atom. The first-order valence-corrected chi connectivity index (χ1v) is 8.27. The molecule has 1 aliphatic heterocycles. The van der Waals surface area contributed by atoms with Crippen molar-refractivity contribution in [2.45, 2.75) is 31.8 Å². The molecule has 2 aliphatic rings. The van der Waals surface area contributed by atoms with E-state index in [-0.39, 0.29) is 18.4 Å². The third-order valence-corrected chi connectivity index (χ3v) is 5.27. The van der Waals surface area contributed by atoms with Crippen LogP contribution in [0.2, 0.25) is 5.02 Å². The maximum absolute atomic E-state index is 12.5. The molecule has 1 saturated heterocycles. The van der Waals surface area contributed by atoms with Gasteiger partial charge < -0.3 is 14.7 Å². The van der Waals surface area contributed by atoms with Crippen LogP contribution in [0.25, 0.3) is 0 Å². The van der Waals surface area contributed by atoms with Crippen molar-refractivity contribution in [2.24, 2.45) is 5.41 Å². The molecule has 1 atom stereocenters. The van der Waals surface area contributed by atoms with Crippen molar-refractivity contribution in [3.63, 3.8) is 0 Å². The van der Waals surface area contributed by atoms with E-state index >= 15 is 0 Å². The van der Waals surface area contributed by atoms with E-state index in [1.165, 1.54) is 0 Å². The number of morpholine rings is 1. The monoisotopic (exact) mass is 337 g/mol. The van der Waals surface area contributed by atoms with Crippen molar-refractivity contribution in [1.82, 2.24) is 4.90 Å². The molecule has 3 rings (SSSR count). The number of benzene rings is 1. The summed E-state index contributed by atoms with van der Waals surface area (Å²) in [6.45, 7) is 1.34. The van der Waals surface area contributed by atoms with E-state index in [2.05, 4.69) is 0 Å². The Hall–Kier alpha value is -1.59. The molecule has 124 valence electrons. The summed E-state index contributed by atoms with van der Waals surface area (Å²) in [5.74, 6) is -0.958. The van der Waals surface area contributed by atoms with Gasteiger partial charge in [-0.3, -0.25) is 9.59 Å². The zero-order chi connectivity index (χ0) is 16.4. The van der Waals surface area contributed by atoms with Gasteiger partial charge in [-0.2, -0.15) is 0 Å². The minimum absolute atomic E-state index is 0.0809. The summed E-state index contributed by atoms with van der Waals surface area (Å²) < 4.78 is 5.75. The van der Waals surface area contributed by atoms with Gasteiger partial charge in [0.25, 0.3) is 0 Å². The van der Waals surface area contributed by atoms with Gasteiger partial charge in [0.05, 0.1) is 18.6 Å². The van der Waals surface area contributed by atoms with Crippen molar-refractivity contribution in [1.29, 1.82) is 0 Å². The predicted octanol–water partition coefficient (Wildman–Crippen LogP) is 2.88. The van der Waals surface area contributed by atoms with Crippen LogP contribution in [0.15, 0.2) is 24.3 Å². The lowest BCUT2D eigenvalue weighted by Crippen LogP contribution is -2.47. The fourth-order valence-electron chi connectivity index (χ4n) is 3.27. The quantitative estimate of drug-likeness (QED) is 0.917. The molecule has 1 aromatic carbocycles. The summed E-state index contributed by atoms with van der Waals surface area (Å²) in [7, 11) is 0. The molecule has 1 aliphatic carbocycles. The molecule has 2 fully saturated rings. The Labute approximate surface area is 140 Å². The van der Waals surface area contributed by atoms with Gasteiger partial charge in [-0.15, -0.1) is 0 Å². The standard InChI is InChI=1S/C17H20ClNO4/c18-13-5-2-1-4-12(13)14-11-19(8-9-23-14)15(20)10-17(16(21)22)6-3-7-17/h1-2,4-5,14H,3,6-11H2,(H,21,22). The lowest BCUT2D eigenvalue weighted by atomic mass is 9.66. The fraction of sp³-hybridized carbons (Fsp3) is 0.529. The van der Waals surface area contributed by atoms with Gasteiger partial charge in [-0.05, 0) is 18.9 Å². The smallest absolute Gasteiger partial charge is 0.310 e. The van der Waals surface area contributed by atoms with E-state index in [0.29, 0.717) is 37.6 Å². The maximum atomic E-state index is 12.5. The van der Waals surface area contributed by atoms with E-state index in [1.54, 1.807) is 11.0 Å². The van der Waals surface area contributed by atoms with E-state index in [1.807, 2.05) is 18.2 Å². The molecule has 1 heterocycles. The van der Waals surface area contributed by atoms with Crippen molar-refractivity contribution >= 4 is 23.5 Å². The highest BCUT2D eigenvalue weighted by Crippen LogP contribution is 2.44. The molecule has 0 bridgehead atoms. The van der Waals surface area contributed by atoms with E-state index in [9.17, 15) is 14.7 Å². The molecule has 0 radical (unpaired) electrons. The molecule has 1 N–H and O–H groups in total. The fourth-order valence-corrected chi connectivity index (χ4v) is 3.53. The van der Waals surface area contributed by atoms with Gasteiger partial charge >= 0.3 is 5.97 Å². The molecule has 0 spiro atoms. The zero-order valence-electron chi connectivity index (χ0n) is 12.8. The van der Waals surface area contributed by atoms with Gasteiger partial charge in [-0.1, -0.05) is 36.2 Å². The molecule has 1 aromatic rings. The predicted molar refractivity (Wildman–Crippen MR) is 85.3 cm³/mol. The number of amides is 1. The number of aliphatic carboxylic acids is 1. The van der Waals surface area contributed by atoms with Crippen LogP contribution in [-0.2, 0) is 14.3 Å². The van der Waals surface area contributed by atoms with Crippen molar-refractivity contribution in [2.75, 3.05) is 19.7 Å². The van der Waals surface area contributed by atoms with Crippen LogP contribution >= 0.6 is 11.6 Å². The Morgan fingerprint density at radius 2 is 2.09 bits per heavy atom. The normalized spacial score (nSPS) is 23.2. The number of hydrogen-bond acceptors (Lipinski definition) is 3. The van der Waals surface area contributed by atoms with Gasteiger partial charge in [0.1, 0.15) is 6.10 Å². The Morgan fingerprint density at radius 3 is 2.70 bits per heavy atom. The lowest BCUT2D eigenvalue weighted by molar-refractivity contribution is -0.161. The first kappa shape index (κ1) is 16.3. The number of halogens is 1. The summed E-state index contributed by atoms with van der Waals surface area (Å²) in [4.78, 5) is 25.7. The number of carbonyl (C=O) groups excluding carboxylic acids is 1. The summed E-state index contributed by atoms with van der Waals surface area (Å²) in [5, 5.41) is 10.0. The van der Waals surface area contributed by atoms with Gasteiger partial charge in [0.15, 0.2) is 0 Å². The summed E-state index contributed by atoms with van der Waals surface area (Å²) in [6.07, 6.45) is 1.88. The summed E-state index contributed by atoms with van der Waals surface area (Å²) in [5.41, 5.74) is 0.0122. The Kier molecular flexibility index (Phi) is 4.60. The van der Waals surface area contributed by atoms with Gasteiger partial charge in [0, 0.05) is 23.6 Å². The first-order chi connectivity index (χ1) is 11.0. The second-order valence-corrected chi connectivity index (χ2v) is 6.74. The molecule has 1 unspecified atom stereocenters. The zero-order valence-corrected chi connectivity index (χ0v) is 13.6. The molecule has 0 aromatic heterocycles. The topological polar surface area (TPSA) is 66.8 Å². The van der Waals surface area contributed by atoms with Gasteiger partial charge in [0.2, 0.25) is 5.91 Å². The van der Waals surface area contributed by atoms with Gasteiger partial charge in [-0.25, -0.2) is 0 Å². The average Bonchev–Trinajstić information content (AvgIpc) is 2.51. The first-order valence-electron chi connectivity index (χ1n) is 7.89. The van der Waals surface area contributed by atoms with Crippen LogP contribution < -0.4 is 0 Å². The highest BCUT2D eigenvalue weighted by atomic mass is 35.5. The molecular weight excluding hydrogens is 318 g/mol. The van der Waals surface area contributed by atoms with E-state index in [0.717, 1.165) is 12.0 Å². The lowest BCUT2D eigenvalue weighted by Gasteiger charge is -2.40. The summed E-state index contributed by atoms with van der Waals surface area (Å²) >= 11 is 6.20. The van der Waals surface area contributed by atoms with Crippen molar-refractivity contribution in [3.8, 4) is 0 Å². The largest absolute Gasteiger partial charge is 0.481 e. The Bertz CT molecular complexity index is 614. The van der Waals surface area contributed by atoms with Crippen LogP contribution in [0.5, 0.6) is 0 Å². The number of carboxylic acids is 1. The molecule has 1 amide bonds. The van der Waals surface area contributed by atoms with E-state index < -0.39 is 11.4 Å². The SMILES string of the molecule is O=C(CC1(C(=O)O)CCC1)N1CCOC(c2ccccc2Cl)C1. The number of carboxylic acid groups (broad SMARTS) is 1. The average molecular weight is 338 g/mol. The summed E-state index contributed by atoms with van der Waals surface area (Å²) in [6, 6.07) is 7.43. The highest BCUT2D eigenvalue weighted by molar-refractivity contribution is 6.31. The number of rotatable bonds is 4. The number of ether oxygens (including phenoxy) is 1. The van der Waals surface area contributed by atoms with Crippen LogP contribution in [-0.4, -0.2) is 41.6 Å². The maximum Gasteiger partial charge on any atom is 0.310 e. The van der Waals surface area contributed by atoms with E-state index in [4.69, 9.17) is 16.3 Å². The molecular formula is C17H20ClNO4. The van der Waals surface area contributed by atoms with Crippen LogP contribution in [0.3, 0.4) is 0 Å². The minimum Gasteiger partial charge on any atom is -0.481 e.